The van der Waals surface area contributed by atoms with Crippen LogP contribution in [0, 0.1) is 0 Å². The molecule has 10 N–H and O–H groups in total. The molecule has 0 aliphatic heterocycles. The van der Waals surface area contributed by atoms with Crippen LogP contribution in [0.5, 0.6) is 28.7 Å². The van der Waals surface area contributed by atoms with E-state index in [4.69, 9.17) is 20.3 Å². The lowest BCUT2D eigenvalue weighted by Gasteiger charge is -2.12. The number of carbonyl (C=O) groups is 9. The van der Waals surface area contributed by atoms with Gasteiger partial charge < -0.3 is 75.8 Å². The van der Waals surface area contributed by atoms with Crippen LogP contribution in [0.25, 0.3) is 0 Å². The van der Waals surface area contributed by atoms with E-state index in [2.05, 4.69) is 40.2 Å². The summed E-state index contributed by atoms with van der Waals surface area (Å²) in [6, 6.07) is 39.0. The second-order valence-electron chi connectivity index (χ2n) is 23.7. The van der Waals surface area contributed by atoms with E-state index >= 15 is 0 Å². The summed E-state index contributed by atoms with van der Waals surface area (Å²) in [7, 11) is 4.75. The van der Waals surface area contributed by atoms with Crippen LogP contribution in [0.3, 0.4) is 0 Å². The monoisotopic (exact) mass is 1620 g/mol. The molecule has 2 amide bonds. The minimum absolute atomic E-state index is 0.0277. The smallest absolute Gasteiger partial charge is 0.416 e. The van der Waals surface area contributed by atoms with Crippen LogP contribution in [0.1, 0.15) is 110 Å². The number of rotatable bonds is 21. The third kappa shape index (κ3) is 30.1. The number of nitrogen functional groups attached to an aromatic ring is 1. The number of anilines is 5. The molecule has 115 heavy (non-hydrogen) atoms. The molecule has 9 aromatic carbocycles. The number of aromatic hydroxyl groups is 3. The minimum Gasteiger partial charge on any atom is -0.507 e. The maximum atomic E-state index is 12.6. The number of ether oxygens (including phenoxy) is 6. The van der Waals surface area contributed by atoms with Crippen molar-refractivity contribution in [3.05, 3.63) is 260 Å². The fourth-order valence-electron chi connectivity index (χ4n) is 9.63. The van der Waals surface area contributed by atoms with Gasteiger partial charge in [0.1, 0.15) is 56.6 Å². The molecule has 0 aliphatic carbocycles. The molecule has 36 heteroatoms. The maximum absolute atomic E-state index is 12.6. The van der Waals surface area contributed by atoms with Gasteiger partial charge in [0.2, 0.25) is 11.8 Å². The molecule has 0 unspecified atom stereocenters. The molecular formula is C79H71F12N5O19. The van der Waals surface area contributed by atoms with Crippen LogP contribution in [-0.4, -0.2) is 116 Å². The molecule has 0 radical (unpaired) electrons. The van der Waals surface area contributed by atoms with Gasteiger partial charge >= 0.3 is 66.5 Å². The molecule has 0 fully saturated rings. The number of aromatic carboxylic acids is 1. The highest BCUT2D eigenvalue weighted by Gasteiger charge is 2.33. The summed E-state index contributed by atoms with van der Waals surface area (Å²) in [4.78, 5) is 103. The molecule has 9 aromatic rings. The zero-order valence-corrected chi connectivity index (χ0v) is 61.2. The van der Waals surface area contributed by atoms with Gasteiger partial charge in [-0.25, -0.2) is 24.0 Å². The Bertz CT molecular complexity index is 4890. The number of halogens is 12. The van der Waals surface area contributed by atoms with Crippen molar-refractivity contribution in [3.8, 4) is 28.7 Å². The number of methoxy groups -OCH3 is 4. The average molecular weight is 1620 g/mol. The van der Waals surface area contributed by atoms with E-state index in [1.54, 1.807) is 6.07 Å². The number of hydrogen-bond donors (Lipinski definition) is 9. The average Bonchev–Trinajstić information content (AvgIpc) is 0.857. The fraction of sp³-hybridized carbons (Fsp3) is 0.203. The molecule has 0 saturated carbocycles. The van der Waals surface area contributed by atoms with Gasteiger partial charge in [0.15, 0.2) is 0 Å². The van der Waals surface area contributed by atoms with Crippen LogP contribution in [0.15, 0.2) is 188 Å². The Kier molecular flexibility index (Phi) is 33.5. The zero-order chi connectivity index (χ0) is 85.7. The van der Waals surface area contributed by atoms with Crippen molar-refractivity contribution in [2.24, 2.45) is 0 Å². The first-order valence-corrected chi connectivity index (χ1v) is 33.1. The SMILES string of the molecule is COC(=O)c1cc(N)ccc1O.COC(=O)c1cc(NC(=O)Cc2ccc(C(F)(F)F)cc2)ccc1O.COC(=O)c1cc(NC(=O)Cc2ccc(C(F)(F)F)cc2)ccc1OC(C)=O.COC(=O)c1cc(NCCc2ccc(C(F)(F)F)cc2)ccc1OC(C)=O.O=C(O)c1cc(NCCc2ccc(C(F)(F)F)cc2)ccc1O. The Morgan fingerprint density at radius 3 is 0.948 bits per heavy atom. The highest BCUT2D eigenvalue weighted by molar-refractivity contribution is 5.99. The normalized spacial score (nSPS) is 10.9. The Morgan fingerprint density at radius 2 is 0.617 bits per heavy atom. The number of carbonyl (C=O) groups excluding carboxylic acids is 8. The second kappa shape index (κ2) is 42.0. The molecule has 610 valence electrons. The topological polar surface area (TPSA) is 364 Å². The lowest BCUT2D eigenvalue weighted by Crippen LogP contribution is -2.16. The summed E-state index contributed by atoms with van der Waals surface area (Å²) in [6.07, 6.45) is -16.9. The predicted octanol–water partition coefficient (Wildman–Crippen LogP) is 15.6. The fourth-order valence-corrected chi connectivity index (χ4v) is 9.63. The Hall–Kier alpha value is -13.8. The summed E-state index contributed by atoms with van der Waals surface area (Å²) in [5.74, 6) is -6.92. The Morgan fingerprint density at radius 1 is 0.348 bits per heavy atom. The number of esters is 6. The molecule has 0 heterocycles. The second-order valence-corrected chi connectivity index (χ2v) is 23.7. The van der Waals surface area contributed by atoms with Crippen molar-refractivity contribution in [2.75, 3.05) is 68.5 Å². The van der Waals surface area contributed by atoms with E-state index in [-0.39, 0.29) is 80.8 Å². The van der Waals surface area contributed by atoms with Crippen LogP contribution in [-0.2, 0) is 88.5 Å². The first-order chi connectivity index (χ1) is 53.9. The number of nitrogens with two attached hydrogens (primary N) is 1. The molecule has 0 spiro atoms. The molecule has 0 aliphatic rings. The number of carboxylic acid groups (broad SMARTS) is 1. The maximum Gasteiger partial charge on any atom is 0.416 e. The third-order valence-electron chi connectivity index (χ3n) is 15.2. The Balaban J connectivity index is 0.000000261. The van der Waals surface area contributed by atoms with Crippen LogP contribution in [0.4, 0.5) is 81.1 Å². The quantitative estimate of drug-likeness (QED) is 0.00805. The number of alkyl halides is 12. The summed E-state index contributed by atoms with van der Waals surface area (Å²) in [5.41, 5.74) is 6.41. The van der Waals surface area contributed by atoms with Gasteiger partial charge in [-0.1, -0.05) is 48.5 Å². The van der Waals surface area contributed by atoms with Crippen molar-refractivity contribution in [1.82, 2.24) is 0 Å². The molecule has 0 saturated heterocycles. The first-order valence-electron chi connectivity index (χ1n) is 33.1. The number of nitrogens with one attached hydrogen (secondary N) is 4. The largest absolute Gasteiger partial charge is 0.507 e. The Labute approximate surface area is 646 Å². The van der Waals surface area contributed by atoms with Gasteiger partial charge in [0.25, 0.3) is 0 Å². The van der Waals surface area contributed by atoms with Crippen molar-refractivity contribution in [3.63, 3.8) is 0 Å². The van der Waals surface area contributed by atoms with Crippen molar-refractivity contribution >= 4 is 82.0 Å². The van der Waals surface area contributed by atoms with Crippen molar-refractivity contribution in [2.45, 2.75) is 64.2 Å². The standard InChI is InChI=1S/C19H16F3NO5.C19H18F3NO4.C17H14F3NO4.C16H14F3NO3.C8H9NO3/c1-11(24)28-16-8-7-14(10-15(16)18(26)27-2)23-17(25)9-12-3-5-13(6-4-12)19(20,21)22;1-12(24)27-17-8-7-15(11-16(17)18(25)26-2)23-10-9-13-3-5-14(6-4-13)19(20,21)22;1-25-16(24)13-9-12(6-7-14(13)22)21-15(23)8-10-2-4-11(5-3-10)17(18,19)20;17-16(18,19)11-3-1-10(2-4-11)7-8-20-12-5-6-14(21)13(9-12)15(22)23;1-12-8(11)6-4-5(9)2-3-7(6)10/h3-8,10H,9H2,1-2H3,(H,23,25);3-8,11,23H,9-10H2,1-2H3;2-7,9,22H,8H2,1H3,(H,21,23);1-6,9,20-21H,7-8H2,(H,22,23);2-4,10H,9H2,1H3. The number of benzene rings is 9. The third-order valence-corrected chi connectivity index (χ3v) is 15.2. The van der Waals surface area contributed by atoms with E-state index in [1.165, 1.54) is 162 Å². The summed E-state index contributed by atoms with van der Waals surface area (Å²) < 4.78 is 178. The highest BCUT2D eigenvalue weighted by Crippen LogP contribution is 2.34. The van der Waals surface area contributed by atoms with Crippen LogP contribution < -0.4 is 36.5 Å². The number of amides is 2. The molecule has 24 nitrogen and oxygen atoms in total. The summed E-state index contributed by atoms with van der Waals surface area (Å²) >= 11 is 0. The number of phenols is 3. The minimum atomic E-state index is -4.45. The van der Waals surface area contributed by atoms with Gasteiger partial charge in [0, 0.05) is 55.4 Å². The van der Waals surface area contributed by atoms with E-state index in [1.807, 2.05) is 0 Å². The van der Waals surface area contributed by atoms with E-state index < -0.39 is 101 Å². The van der Waals surface area contributed by atoms with E-state index in [0.717, 1.165) is 73.9 Å². The lowest BCUT2D eigenvalue weighted by atomic mass is 10.1. The number of carboxylic acids is 1. The molecular weight excluding hydrogens is 1550 g/mol. The van der Waals surface area contributed by atoms with Gasteiger partial charge in [-0.2, -0.15) is 52.7 Å². The highest BCUT2D eigenvalue weighted by atomic mass is 19.4. The lowest BCUT2D eigenvalue weighted by molar-refractivity contribution is -0.138. The molecule has 0 atom stereocenters. The van der Waals surface area contributed by atoms with Gasteiger partial charge in [-0.3, -0.25) is 19.2 Å². The van der Waals surface area contributed by atoms with Gasteiger partial charge in [0.05, 0.1) is 63.5 Å². The predicted molar refractivity (Wildman–Crippen MR) is 391 cm³/mol. The molecule has 0 aromatic heterocycles. The summed E-state index contributed by atoms with van der Waals surface area (Å²) in [6.45, 7) is 3.23. The first kappa shape index (κ1) is 91.8. The van der Waals surface area contributed by atoms with Crippen LogP contribution >= 0.6 is 0 Å². The van der Waals surface area contributed by atoms with Gasteiger partial charge in [-0.15, -0.1) is 0 Å². The van der Waals surface area contributed by atoms with Crippen LogP contribution in [0.2, 0.25) is 0 Å². The van der Waals surface area contributed by atoms with Gasteiger partial charge in [-0.05, 0) is 175 Å². The van der Waals surface area contributed by atoms with Crippen molar-refractivity contribution in [1.29, 1.82) is 0 Å². The zero-order valence-electron chi connectivity index (χ0n) is 61.2. The number of hydrogen-bond acceptors (Lipinski definition) is 21. The molecule has 0 bridgehead atoms. The van der Waals surface area contributed by atoms with Crippen molar-refractivity contribution < 1.29 is 145 Å². The van der Waals surface area contributed by atoms with E-state index in [0.29, 0.717) is 54.1 Å². The molecule has 9 rings (SSSR count). The summed E-state index contributed by atoms with van der Waals surface area (Å²) in [5, 5.41) is 48.1. The number of phenolic OH excluding ortho intramolecular Hbond substituents is 2. The van der Waals surface area contributed by atoms with E-state index in [9.17, 15) is 111 Å².